The van der Waals surface area contributed by atoms with Crippen LogP contribution in [0.25, 0.3) is 0 Å². The Kier molecular flexibility index (Phi) is 5.86. The quantitative estimate of drug-likeness (QED) is 0.697. The number of nitrogens with one attached hydrogen (secondary N) is 1. The number of carbonyl (C=O) groups excluding carboxylic acids is 1. The normalized spacial score (nSPS) is 19.5. The maximum Gasteiger partial charge on any atom is 0.308 e. The molecule has 1 aromatic carbocycles. The number of halogens is 1. The maximum absolute atomic E-state index is 13.3. The molecule has 1 atom stereocenters. The summed E-state index contributed by atoms with van der Waals surface area (Å²) in [4.78, 5) is 28.8. The molecule has 0 saturated carbocycles. The lowest BCUT2D eigenvalue weighted by Crippen LogP contribution is -2.49. The van der Waals surface area contributed by atoms with Crippen LogP contribution in [-0.4, -0.2) is 48.6 Å². The van der Waals surface area contributed by atoms with Gasteiger partial charge in [0.25, 0.3) is 5.91 Å². The van der Waals surface area contributed by atoms with Crippen molar-refractivity contribution in [3.8, 4) is 0 Å². The van der Waals surface area contributed by atoms with Crippen molar-refractivity contribution in [3.63, 3.8) is 0 Å². The van der Waals surface area contributed by atoms with Crippen molar-refractivity contribution < 1.29 is 28.7 Å². The maximum atomic E-state index is 13.3. The van der Waals surface area contributed by atoms with Crippen LogP contribution in [0.4, 0.5) is 4.39 Å². The molecule has 1 heterocycles. The topological polar surface area (TPSA) is 97.2 Å². The lowest BCUT2D eigenvalue weighted by atomic mass is 9.90. The van der Waals surface area contributed by atoms with E-state index in [0.717, 1.165) is 0 Å². The number of carboxylic acid groups (broad SMARTS) is 1. The Morgan fingerprint density at radius 1 is 1.50 bits per heavy atom. The molecular formula is C16H19FN2O5. The van der Waals surface area contributed by atoms with Gasteiger partial charge in [-0.25, -0.2) is 4.39 Å². The Hall–Kier alpha value is -2.48. The van der Waals surface area contributed by atoms with Gasteiger partial charge in [0.05, 0.1) is 12.1 Å². The summed E-state index contributed by atoms with van der Waals surface area (Å²) in [6, 6.07) is 5.68. The fourth-order valence-corrected chi connectivity index (χ4v) is 2.42. The third-order valence-electron chi connectivity index (χ3n) is 3.60. The Balaban J connectivity index is 2.10. The summed E-state index contributed by atoms with van der Waals surface area (Å²) < 4.78 is 18.2. The van der Waals surface area contributed by atoms with Crippen LogP contribution in [0, 0.1) is 5.82 Å². The average molecular weight is 338 g/mol. The first-order valence-corrected chi connectivity index (χ1v) is 7.47. The number of amides is 1. The Labute approximate surface area is 138 Å². The van der Waals surface area contributed by atoms with Crippen molar-refractivity contribution in [2.24, 2.45) is 5.16 Å². The predicted octanol–water partition coefficient (Wildman–Crippen LogP) is 1.32. The minimum absolute atomic E-state index is 0.0428. The lowest BCUT2D eigenvalue weighted by Gasteiger charge is -2.23. The van der Waals surface area contributed by atoms with Gasteiger partial charge < -0.3 is 20.0 Å². The van der Waals surface area contributed by atoms with Gasteiger partial charge in [-0.2, -0.15) is 0 Å². The summed E-state index contributed by atoms with van der Waals surface area (Å²) in [5.74, 6) is -2.19. The molecule has 1 aliphatic rings. The Morgan fingerprint density at radius 3 is 2.96 bits per heavy atom. The van der Waals surface area contributed by atoms with Gasteiger partial charge in [-0.3, -0.25) is 9.59 Å². The predicted molar refractivity (Wildman–Crippen MR) is 83.1 cm³/mol. The summed E-state index contributed by atoms with van der Waals surface area (Å²) in [5.41, 5.74) is -0.835. The summed E-state index contributed by atoms with van der Waals surface area (Å²) in [7, 11) is 1.55. The molecule has 0 bridgehead atoms. The number of ether oxygens (including phenoxy) is 1. The zero-order chi connectivity index (χ0) is 17.6. The minimum Gasteiger partial charge on any atom is -0.481 e. The van der Waals surface area contributed by atoms with Crippen molar-refractivity contribution >= 4 is 17.6 Å². The van der Waals surface area contributed by atoms with E-state index in [9.17, 15) is 14.0 Å². The summed E-state index contributed by atoms with van der Waals surface area (Å²) in [5, 5.41) is 15.6. The molecule has 1 unspecified atom stereocenters. The van der Waals surface area contributed by atoms with E-state index < -0.39 is 29.7 Å². The molecule has 8 heteroatoms. The number of carbonyl (C=O) groups is 2. The summed E-state index contributed by atoms with van der Waals surface area (Å²) in [6.45, 7) is 0.796. The van der Waals surface area contributed by atoms with Gasteiger partial charge >= 0.3 is 5.97 Å². The van der Waals surface area contributed by atoms with Crippen LogP contribution in [0.2, 0.25) is 0 Å². The number of aliphatic carboxylic acids is 1. The molecule has 7 nitrogen and oxygen atoms in total. The standard InChI is InChI=1S/C16H19FN2O5/c1-23-7-3-6-18-15(22)16(10-14(20)21)9-13(19-24-16)11-4-2-5-12(17)8-11/h2,4-5,8H,3,6-7,9-10H2,1H3,(H,18,22)(H,20,21). The van der Waals surface area contributed by atoms with E-state index in [1.807, 2.05) is 0 Å². The van der Waals surface area contributed by atoms with Crippen molar-refractivity contribution in [2.45, 2.75) is 24.9 Å². The monoisotopic (exact) mass is 338 g/mol. The van der Waals surface area contributed by atoms with Gasteiger partial charge in [-0.05, 0) is 18.6 Å². The number of rotatable bonds is 8. The molecule has 24 heavy (non-hydrogen) atoms. The number of methoxy groups -OCH3 is 1. The van der Waals surface area contributed by atoms with E-state index in [-0.39, 0.29) is 6.42 Å². The van der Waals surface area contributed by atoms with Crippen LogP contribution in [-0.2, 0) is 19.2 Å². The van der Waals surface area contributed by atoms with Crippen molar-refractivity contribution in [2.75, 3.05) is 20.3 Å². The number of benzene rings is 1. The van der Waals surface area contributed by atoms with E-state index >= 15 is 0 Å². The lowest BCUT2D eigenvalue weighted by molar-refractivity contribution is -0.156. The van der Waals surface area contributed by atoms with Crippen LogP contribution in [0.3, 0.4) is 0 Å². The van der Waals surface area contributed by atoms with E-state index in [0.29, 0.717) is 30.8 Å². The molecule has 1 aliphatic heterocycles. The van der Waals surface area contributed by atoms with Crippen LogP contribution < -0.4 is 5.32 Å². The average Bonchev–Trinajstić information content (AvgIpc) is 2.96. The first-order valence-electron chi connectivity index (χ1n) is 7.47. The second-order valence-electron chi connectivity index (χ2n) is 5.48. The largest absolute Gasteiger partial charge is 0.481 e. The van der Waals surface area contributed by atoms with Gasteiger partial charge in [0, 0.05) is 32.2 Å². The van der Waals surface area contributed by atoms with Crippen molar-refractivity contribution in [3.05, 3.63) is 35.6 Å². The van der Waals surface area contributed by atoms with Crippen LogP contribution in [0.1, 0.15) is 24.8 Å². The van der Waals surface area contributed by atoms with E-state index in [1.54, 1.807) is 13.2 Å². The minimum atomic E-state index is -1.62. The van der Waals surface area contributed by atoms with Crippen molar-refractivity contribution in [1.29, 1.82) is 0 Å². The third-order valence-corrected chi connectivity index (χ3v) is 3.60. The number of hydrogen-bond donors (Lipinski definition) is 2. The highest BCUT2D eigenvalue weighted by Crippen LogP contribution is 2.30. The van der Waals surface area contributed by atoms with Gasteiger partial charge in [0.15, 0.2) is 0 Å². The zero-order valence-electron chi connectivity index (χ0n) is 13.3. The third kappa shape index (κ3) is 4.29. The number of carboxylic acids is 1. The molecular weight excluding hydrogens is 319 g/mol. The van der Waals surface area contributed by atoms with Gasteiger partial charge in [-0.1, -0.05) is 17.3 Å². The zero-order valence-corrected chi connectivity index (χ0v) is 13.3. The van der Waals surface area contributed by atoms with E-state index in [1.165, 1.54) is 18.2 Å². The molecule has 1 aromatic rings. The smallest absolute Gasteiger partial charge is 0.308 e. The van der Waals surface area contributed by atoms with Crippen LogP contribution in [0.5, 0.6) is 0 Å². The van der Waals surface area contributed by atoms with Gasteiger partial charge in [-0.15, -0.1) is 0 Å². The highest BCUT2D eigenvalue weighted by atomic mass is 19.1. The first-order chi connectivity index (χ1) is 11.5. The molecule has 0 aliphatic carbocycles. The van der Waals surface area contributed by atoms with E-state index in [2.05, 4.69) is 10.5 Å². The fourth-order valence-electron chi connectivity index (χ4n) is 2.42. The molecule has 0 fully saturated rings. The van der Waals surface area contributed by atoms with Crippen LogP contribution >= 0.6 is 0 Å². The second-order valence-corrected chi connectivity index (χ2v) is 5.48. The summed E-state index contributed by atoms with van der Waals surface area (Å²) in [6.07, 6.45) is 0.00724. The Bertz CT molecular complexity index is 649. The number of hydrogen-bond acceptors (Lipinski definition) is 5. The molecule has 2 rings (SSSR count). The van der Waals surface area contributed by atoms with Crippen molar-refractivity contribution in [1.82, 2.24) is 5.32 Å². The first kappa shape index (κ1) is 17.9. The molecule has 0 saturated heterocycles. The molecule has 1 amide bonds. The number of oxime groups is 1. The van der Waals surface area contributed by atoms with E-state index in [4.69, 9.17) is 14.7 Å². The molecule has 130 valence electrons. The Morgan fingerprint density at radius 2 is 2.29 bits per heavy atom. The number of nitrogens with zero attached hydrogens (tertiary/aromatic N) is 1. The highest BCUT2D eigenvalue weighted by Gasteiger charge is 2.48. The highest BCUT2D eigenvalue weighted by molar-refractivity contribution is 6.06. The second kappa shape index (κ2) is 7.87. The molecule has 0 spiro atoms. The summed E-state index contributed by atoms with van der Waals surface area (Å²) >= 11 is 0. The van der Waals surface area contributed by atoms with Crippen LogP contribution in [0.15, 0.2) is 29.4 Å². The van der Waals surface area contributed by atoms with Gasteiger partial charge in [0.1, 0.15) is 5.82 Å². The fraction of sp³-hybridized carbons (Fsp3) is 0.438. The molecule has 0 aromatic heterocycles. The van der Waals surface area contributed by atoms with Gasteiger partial charge in [0.2, 0.25) is 5.60 Å². The molecule has 2 N–H and O–H groups in total. The molecule has 0 radical (unpaired) electrons. The SMILES string of the molecule is COCCCNC(=O)C1(CC(=O)O)CC(c2cccc(F)c2)=NO1.